The maximum Gasteiger partial charge on any atom is 0.336 e. The molecule has 2 aromatic carbocycles. The fraction of sp³-hybridized carbons (Fsp3) is 0.0625. The smallest absolute Gasteiger partial charge is 0.336 e. The number of rotatable bonds is 3. The minimum absolute atomic E-state index is 0.0973. The Kier molecular flexibility index (Phi) is 4.74. The van der Waals surface area contributed by atoms with Crippen LogP contribution in [0.2, 0.25) is 20.1 Å². The molecule has 0 spiro atoms. The molecule has 1 aromatic heterocycles. The lowest BCUT2D eigenvalue weighted by Gasteiger charge is -2.11. The lowest BCUT2D eigenvalue weighted by atomic mass is 10.1. The molecule has 0 atom stereocenters. The Balaban J connectivity index is 1.97. The summed E-state index contributed by atoms with van der Waals surface area (Å²) in [6.45, 7) is 0.0973. The van der Waals surface area contributed by atoms with Gasteiger partial charge >= 0.3 is 5.63 Å². The second kappa shape index (κ2) is 6.62. The number of halogens is 4. The van der Waals surface area contributed by atoms with Crippen molar-refractivity contribution in [2.75, 3.05) is 0 Å². The molecule has 7 heteroatoms. The van der Waals surface area contributed by atoms with E-state index >= 15 is 0 Å². The molecule has 0 aliphatic rings. The molecule has 23 heavy (non-hydrogen) atoms. The summed E-state index contributed by atoms with van der Waals surface area (Å²) < 4.78 is 10.8. The van der Waals surface area contributed by atoms with Crippen molar-refractivity contribution in [3.63, 3.8) is 0 Å². The van der Waals surface area contributed by atoms with Gasteiger partial charge in [0.1, 0.15) is 17.9 Å². The van der Waals surface area contributed by atoms with Crippen LogP contribution in [-0.2, 0) is 6.61 Å². The van der Waals surface area contributed by atoms with Crippen molar-refractivity contribution in [2.24, 2.45) is 0 Å². The predicted octanol–water partition coefficient (Wildman–Crippen LogP) is 5.99. The standard InChI is InChI=1S/C16H8Cl4O3/c17-9-1-2-14-10(4-9)8(3-16(21)23-14)7-22-15-6-12(19)11(18)5-13(15)20/h1-6H,7H2. The zero-order chi connectivity index (χ0) is 16.6. The highest BCUT2D eigenvalue weighted by atomic mass is 35.5. The minimum Gasteiger partial charge on any atom is -0.487 e. The Hall–Kier alpha value is -1.39. The Labute approximate surface area is 151 Å². The molecule has 0 aliphatic carbocycles. The number of fused-ring (bicyclic) bond motifs is 1. The Morgan fingerprint density at radius 1 is 0.913 bits per heavy atom. The highest BCUT2D eigenvalue weighted by Crippen LogP contribution is 2.34. The van der Waals surface area contributed by atoms with Gasteiger partial charge in [0.05, 0.1) is 15.1 Å². The van der Waals surface area contributed by atoms with Crippen LogP contribution in [0.25, 0.3) is 11.0 Å². The van der Waals surface area contributed by atoms with Gasteiger partial charge in [0.25, 0.3) is 0 Å². The minimum atomic E-state index is -0.473. The van der Waals surface area contributed by atoms with E-state index in [1.54, 1.807) is 18.2 Å². The number of hydrogen-bond donors (Lipinski definition) is 0. The Morgan fingerprint density at radius 3 is 2.43 bits per heavy atom. The van der Waals surface area contributed by atoms with Gasteiger partial charge in [0, 0.05) is 28.1 Å². The summed E-state index contributed by atoms with van der Waals surface area (Å²) in [6.07, 6.45) is 0. The van der Waals surface area contributed by atoms with Gasteiger partial charge in [-0.15, -0.1) is 0 Å². The van der Waals surface area contributed by atoms with E-state index in [1.807, 2.05) is 0 Å². The van der Waals surface area contributed by atoms with Crippen molar-refractivity contribution in [3.05, 3.63) is 72.5 Å². The molecule has 3 nitrogen and oxygen atoms in total. The van der Waals surface area contributed by atoms with Gasteiger partial charge < -0.3 is 9.15 Å². The first-order chi connectivity index (χ1) is 10.9. The van der Waals surface area contributed by atoms with Crippen LogP contribution in [0, 0.1) is 0 Å². The molecule has 0 bridgehead atoms. The number of ether oxygens (including phenoxy) is 1. The van der Waals surface area contributed by atoms with Crippen LogP contribution in [-0.4, -0.2) is 0 Å². The van der Waals surface area contributed by atoms with Crippen LogP contribution in [0.4, 0.5) is 0 Å². The molecule has 0 radical (unpaired) electrons. The summed E-state index contributed by atoms with van der Waals surface area (Å²) in [6, 6.07) is 9.35. The van der Waals surface area contributed by atoms with E-state index in [4.69, 9.17) is 55.6 Å². The van der Waals surface area contributed by atoms with E-state index in [9.17, 15) is 4.79 Å². The molecule has 0 saturated carbocycles. The van der Waals surface area contributed by atoms with E-state index in [0.29, 0.717) is 42.4 Å². The zero-order valence-corrected chi connectivity index (χ0v) is 14.4. The third-order valence-electron chi connectivity index (χ3n) is 3.15. The van der Waals surface area contributed by atoms with Crippen molar-refractivity contribution in [3.8, 4) is 5.75 Å². The Bertz CT molecular complexity index is 950. The van der Waals surface area contributed by atoms with Crippen molar-refractivity contribution in [1.29, 1.82) is 0 Å². The lowest BCUT2D eigenvalue weighted by Crippen LogP contribution is -2.04. The van der Waals surface area contributed by atoms with Gasteiger partial charge in [0.2, 0.25) is 0 Å². The largest absolute Gasteiger partial charge is 0.487 e. The molecule has 0 unspecified atom stereocenters. The summed E-state index contributed by atoms with van der Waals surface area (Å²) in [4.78, 5) is 11.6. The van der Waals surface area contributed by atoms with Gasteiger partial charge in [-0.25, -0.2) is 4.79 Å². The molecule has 0 aliphatic heterocycles. The summed E-state index contributed by atoms with van der Waals surface area (Å²) >= 11 is 23.9. The van der Waals surface area contributed by atoms with Crippen LogP contribution >= 0.6 is 46.4 Å². The normalized spacial score (nSPS) is 11.0. The second-order valence-corrected chi connectivity index (χ2v) is 6.37. The van der Waals surface area contributed by atoms with Crippen LogP contribution in [0.3, 0.4) is 0 Å². The first-order valence-electron chi connectivity index (χ1n) is 6.43. The summed E-state index contributed by atoms with van der Waals surface area (Å²) in [5.41, 5.74) is 0.584. The molecule has 3 aromatic rings. The summed E-state index contributed by atoms with van der Waals surface area (Å²) in [5.74, 6) is 0.365. The fourth-order valence-electron chi connectivity index (χ4n) is 2.09. The average molecular weight is 390 g/mol. The molecule has 0 saturated heterocycles. The van der Waals surface area contributed by atoms with Crippen LogP contribution in [0.5, 0.6) is 5.75 Å². The topological polar surface area (TPSA) is 39.4 Å². The van der Waals surface area contributed by atoms with E-state index in [2.05, 4.69) is 0 Å². The SMILES string of the molecule is O=c1cc(COc2cc(Cl)c(Cl)cc2Cl)c2cc(Cl)ccc2o1. The number of hydrogen-bond acceptors (Lipinski definition) is 3. The van der Waals surface area contributed by atoms with E-state index in [0.717, 1.165) is 0 Å². The molecule has 0 N–H and O–H groups in total. The van der Waals surface area contributed by atoms with Gasteiger partial charge in [0.15, 0.2) is 0 Å². The van der Waals surface area contributed by atoms with Crippen molar-refractivity contribution >= 4 is 57.4 Å². The van der Waals surface area contributed by atoms with Crippen molar-refractivity contribution in [1.82, 2.24) is 0 Å². The van der Waals surface area contributed by atoms with Gasteiger partial charge in [-0.2, -0.15) is 0 Å². The first kappa shape index (κ1) is 16.5. The third kappa shape index (κ3) is 3.59. The zero-order valence-electron chi connectivity index (χ0n) is 11.4. The number of benzene rings is 2. The molecule has 0 amide bonds. The predicted molar refractivity (Wildman–Crippen MR) is 93.3 cm³/mol. The Morgan fingerprint density at radius 2 is 1.65 bits per heavy atom. The second-order valence-electron chi connectivity index (χ2n) is 4.72. The monoisotopic (exact) mass is 388 g/mol. The van der Waals surface area contributed by atoms with E-state index < -0.39 is 5.63 Å². The quantitative estimate of drug-likeness (QED) is 0.408. The van der Waals surface area contributed by atoms with Crippen LogP contribution < -0.4 is 10.4 Å². The summed E-state index contributed by atoms with van der Waals surface area (Å²) in [7, 11) is 0. The fourth-order valence-corrected chi connectivity index (χ4v) is 2.85. The molecular formula is C16H8Cl4O3. The maximum absolute atomic E-state index is 11.6. The van der Waals surface area contributed by atoms with Crippen LogP contribution in [0.1, 0.15) is 5.56 Å². The first-order valence-corrected chi connectivity index (χ1v) is 7.95. The van der Waals surface area contributed by atoms with Gasteiger partial charge in [-0.1, -0.05) is 46.4 Å². The lowest BCUT2D eigenvalue weighted by molar-refractivity contribution is 0.307. The van der Waals surface area contributed by atoms with E-state index in [1.165, 1.54) is 18.2 Å². The van der Waals surface area contributed by atoms with Gasteiger partial charge in [-0.3, -0.25) is 0 Å². The average Bonchev–Trinajstić information content (AvgIpc) is 2.50. The molecule has 0 fully saturated rings. The van der Waals surface area contributed by atoms with Crippen molar-refractivity contribution < 1.29 is 9.15 Å². The highest BCUT2D eigenvalue weighted by molar-refractivity contribution is 6.43. The molecule has 1 heterocycles. The van der Waals surface area contributed by atoms with E-state index in [-0.39, 0.29) is 6.61 Å². The van der Waals surface area contributed by atoms with Crippen molar-refractivity contribution in [2.45, 2.75) is 6.61 Å². The highest BCUT2D eigenvalue weighted by Gasteiger charge is 2.10. The van der Waals surface area contributed by atoms with Gasteiger partial charge in [-0.05, 0) is 24.3 Å². The summed E-state index contributed by atoms with van der Waals surface area (Å²) in [5, 5.41) is 2.20. The third-order valence-corrected chi connectivity index (χ3v) is 4.40. The maximum atomic E-state index is 11.6. The molecule has 3 rings (SSSR count). The molecular weight excluding hydrogens is 382 g/mol. The molecule has 118 valence electrons. The van der Waals surface area contributed by atoms with Crippen LogP contribution in [0.15, 0.2) is 45.6 Å².